The highest BCUT2D eigenvalue weighted by Gasteiger charge is 2.12. The molecule has 2 aromatic heterocycles. The van der Waals surface area contributed by atoms with Gasteiger partial charge in [-0.25, -0.2) is 0 Å². The van der Waals surface area contributed by atoms with Crippen LogP contribution in [0.15, 0.2) is 27.1 Å². The molecule has 0 spiro atoms. The van der Waals surface area contributed by atoms with Gasteiger partial charge in [-0.1, -0.05) is 6.07 Å². The van der Waals surface area contributed by atoms with Crippen molar-refractivity contribution in [3.8, 4) is 16.5 Å². The van der Waals surface area contributed by atoms with E-state index in [0.717, 1.165) is 15.3 Å². The Hall–Kier alpha value is -0.760. The van der Waals surface area contributed by atoms with Crippen LogP contribution in [-0.2, 0) is 0 Å². The lowest BCUT2D eigenvalue weighted by Crippen LogP contribution is -1.75. The smallest absolute Gasteiger partial charge is 0.102 e. The molecule has 14 heavy (non-hydrogen) atoms. The third kappa shape index (κ3) is 1.59. The van der Waals surface area contributed by atoms with E-state index in [9.17, 15) is 0 Å². The molecular formula is C10H7NS3. The molecule has 0 aliphatic carbocycles. The first-order valence-electron chi connectivity index (χ1n) is 3.96. The largest absolute Gasteiger partial charge is 0.192 e. The van der Waals surface area contributed by atoms with Gasteiger partial charge in [0.15, 0.2) is 0 Å². The molecule has 0 aliphatic rings. The maximum Gasteiger partial charge on any atom is 0.102 e. The molecule has 4 heteroatoms. The number of hydrogen-bond donors (Lipinski definition) is 0. The first-order valence-corrected chi connectivity index (χ1v) is 6.94. The second-order valence-electron chi connectivity index (χ2n) is 2.61. The summed E-state index contributed by atoms with van der Waals surface area (Å²) in [5.41, 5.74) is 1.90. The molecule has 0 aliphatic heterocycles. The van der Waals surface area contributed by atoms with Crippen molar-refractivity contribution in [3.05, 3.63) is 28.5 Å². The van der Waals surface area contributed by atoms with Gasteiger partial charge >= 0.3 is 0 Å². The van der Waals surface area contributed by atoms with E-state index in [4.69, 9.17) is 5.26 Å². The first-order chi connectivity index (χ1) is 6.86. The van der Waals surface area contributed by atoms with E-state index in [1.165, 1.54) is 4.88 Å². The number of nitrogens with zero attached hydrogens (tertiary/aromatic N) is 1. The molecule has 0 N–H and O–H groups in total. The Labute approximate surface area is 95.0 Å². The van der Waals surface area contributed by atoms with Crippen LogP contribution < -0.4 is 0 Å². The van der Waals surface area contributed by atoms with Gasteiger partial charge in [-0.2, -0.15) is 5.26 Å². The third-order valence-electron chi connectivity index (χ3n) is 1.84. The summed E-state index contributed by atoms with van der Waals surface area (Å²) in [4.78, 5) is 1.18. The van der Waals surface area contributed by atoms with Crippen LogP contribution in [0.1, 0.15) is 5.56 Å². The summed E-state index contributed by atoms with van der Waals surface area (Å²) >= 11 is 4.96. The summed E-state index contributed by atoms with van der Waals surface area (Å²) < 4.78 is 1.11. The van der Waals surface area contributed by atoms with Crippen LogP contribution in [0.5, 0.6) is 0 Å². The minimum Gasteiger partial charge on any atom is -0.192 e. The number of rotatable bonds is 2. The van der Waals surface area contributed by atoms with E-state index in [1.54, 1.807) is 34.4 Å². The Morgan fingerprint density at radius 1 is 1.43 bits per heavy atom. The summed E-state index contributed by atoms with van der Waals surface area (Å²) in [7, 11) is 0. The molecule has 1 nitrogen and oxygen atoms in total. The maximum atomic E-state index is 9.07. The Bertz CT molecular complexity index is 462. The average Bonchev–Trinajstić information content (AvgIpc) is 2.85. The molecule has 2 heterocycles. The van der Waals surface area contributed by atoms with Gasteiger partial charge in [0.05, 0.1) is 9.77 Å². The zero-order valence-electron chi connectivity index (χ0n) is 7.48. The maximum absolute atomic E-state index is 9.07. The Kier molecular flexibility index (Phi) is 2.92. The van der Waals surface area contributed by atoms with Crippen LogP contribution in [0.4, 0.5) is 0 Å². The zero-order chi connectivity index (χ0) is 9.97. The highest BCUT2D eigenvalue weighted by Crippen LogP contribution is 2.37. The molecule has 0 aromatic carbocycles. The predicted molar refractivity (Wildman–Crippen MR) is 64.1 cm³/mol. The lowest BCUT2D eigenvalue weighted by atomic mass is 10.2. The van der Waals surface area contributed by atoms with Crippen LogP contribution in [0.3, 0.4) is 0 Å². The molecule has 0 saturated heterocycles. The van der Waals surface area contributed by atoms with Gasteiger partial charge in [0, 0.05) is 15.8 Å². The second kappa shape index (κ2) is 4.18. The minimum atomic E-state index is 0.824. The molecule has 0 amide bonds. The number of nitriles is 1. The van der Waals surface area contributed by atoms with Crippen molar-refractivity contribution >= 4 is 34.4 Å². The molecular weight excluding hydrogens is 230 g/mol. The average molecular weight is 237 g/mol. The van der Waals surface area contributed by atoms with Crippen LogP contribution in [0.25, 0.3) is 10.4 Å². The molecule has 0 bridgehead atoms. The summed E-state index contributed by atoms with van der Waals surface area (Å²) in [6.07, 6.45) is 2.00. The van der Waals surface area contributed by atoms with E-state index < -0.39 is 0 Å². The molecule has 0 saturated carbocycles. The van der Waals surface area contributed by atoms with Crippen molar-refractivity contribution < 1.29 is 0 Å². The van der Waals surface area contributed by atoms with Crippen LogP contribution in [0, 0.1) is 11.3 Å². The number of thioether (sulfide) groups is 1. The van der Waals surface area contributed by atoms with Gasteiger partial charge in [0.2, 0.25) is 0 Å². The van der Waals surface area contributed by atoms with Gasteiger partial charge in [-0.3, -0.25) is 0 Å². The van der Waals surface area contributed by atoms with Crippen LogP contribution in [-0.4, -0.2) is 6.26 Å². The molecule has 2 aromatic rings. The van der Waals surface area contributed by atoms with Crippen LogP contribution in [0.2, 0.25) is 0 Å². The van der Waals surface area contributed by atoms with E-state index in [0.29, 0.717) is 0 Å². The number of thiophene rings is 2. The fourth-order valence-corrected chi connectivity index (χ4v) is 3.66. The lowest BCUT2D eigenvalue weighted by Gasteiger charge is -1.93. The summed E-state index contributed by atoms with van der Waals surface area (Å²) in [6.45, 7) is 0. The summed E-state index contributed by atoms with van der Waals surface area (Å²) in [5.74, 6) is 0. The second-order valence-corrected chi connectivity index (χ2v) is 5.51. The monoisotopic (exact) mass is 237 g/mol. The van der Waals surface area contributed by atoms with E-state index in [2.05, 4.69) is 17.5 Å². The van der Waals surface area contributed by atoms with Gasteiger partial charge < -0.3 is 0 Å². The molecule has 0 fully saturated rings. The quantitative estimate of drug-likeness (QED) is 0.735. The van der Waals surface area contributed by atoms with Gasteiger partial charge in [-0.05, 0) is 17.7 Å². The van der Waals surface area contributed by atoms with Gasteiger partial charge in [0.25, 0.3) is 0 Å². The highest BCUT2D eigenvalue weighted by atomic mass is 32.2. The lowest BCUT2D eigenvalue weighted by molar-refractivity contribution is 1.47. The SMILES string of the molecule is CSc1scc(-c2cccs2)c1C#N. The standard InChI is InChI=1S/C10H7NS3/c1-12-10-7(5-11)8(6-14-10)9-3-2-4-13-9/h2-4,6H,1H3. The normalized spacial score (nSPS) is 10.0. The summed E-state index contributed by atoms with van der Waals surface area (Å²) in [6, 6.07) is 6.34. The topological polar surface area (TPSA) is 23.8 Å². The van der Waals surface area contributed by atoms with Crippen molar-refractivity contribution in [2.24, 2.45) is 0 Å². The van der Waals surface area contributed by atoms with E-state index in [1.807, 2.05) is 17.7 Å². The van der Waals surface area contributed by atoms with E-state index >= 15 is 0 Å². The Morgan fingerprint density at radius 3 is 2.86 bits per heavy atom. The van der Waals surface area contributed by atoms with Gasteiger partial charge in [-0.15, -0.1) is 34.4 Å². The third-order valence-corrected chi connectivity index (χ3v) is 4.88. The Balaban J connectivity index is 2.56. The number of hydrogen-bond acceptors (Lipinski definition) is 4. The summed E-state index contributed by atoms with van der Waals surface area (Å²) in [5, 5.41) is 13.2. The molecule has 0 radical (unpaired) electrons. The van der Waals surface area contributed by atoms with Crippen molar-refractivity contribution in [2.45, 2.75) is 4.21 Å². The fraction of sp³-hybridized carbons (Fsp3) is 0.100. The molecule has 0 unspecified atom stereocenters. The minimum absolute atomic E-state index is 0.824. The predicted octanol–water partition coefficient (Wildman–Crippen LogP) is 4.07. The highest BCUT2D eigenvalue weighted by molar-refractivity contribution is 8.00. The molecule has 70 valence electrons. The molecule has 0 atom stereocenters. The Morgan fingerprint density at radius 2 is 2.29 bits per heavy atom. The van der Waals surface area contributed by atoms with Crippen molar-refractivity contribution in [1.29, 1.82) is 5.26 Å². The van der Waals surface area contributed by atoms with Gasteiger partial charge in [0.1, 0.15) is 6.07 Å². The van der Waals surface area contributed by atoms with Crippen molar-refractivity contribution in [3.63, 3.8) is 0 Å². The zero-order valence-corrected chi connectivity index (χ0v) is 9.93. The molecule has 2 rings (SSSR count). The van der Waals surface area contributed by atoms with Crippen molar-refractivity contribution in [2.75, 3.05) is 6.26 Å². The van der Waals surface area contributed by atoms with Crippen molar-refractivity contribution in [1.82, 2.24) is 0 Å². The fourth-order valence-electron chi connectivity index (χ4n) is 1.21. The van der Waals surface area contributed by atoms with Crippen LogP contribution >= 0.6 is 34.4 Å². The first kappa shape index (κ1) is 9.78. The van der Waals surface area contributed by atoms with E-state index in [-0.39, 0.29) is 0 Å².